The highest BCUT2D eigenvalue weighted by atomic mass is 32.1. The van der Waals surface area contributed by atoms with E-state index >= 15 is 0 Å². The van der Waals surface area contributed by atoms with Crippen LogP contribution >= 0.6 is 12.2 Å². The summed E-state index contributed by atoms with van der Waals surface area (Å²) in [5.74, 6) is 0. The van der Waals surface area contributed by atoms with Crippen molar-refractivity contribution in [2.24, 2.45) is 5.10 Å². The SMILES string of the molecule is O=c1cn[nH]c(=S)n1N=Cc1c[nH]c2ccccc12. The fraction of sp³-hybridized carbons (Fsp3) is 0. The van der Waals surface area contributed by atoms with Crippen LogP contribution in [0.4, 0.5) is 0 Å². The van der Waals surface area contributed by atoms with E-state index in [1.54, 1.807) is 6.21 Å². The van der Waals surface area contributed by atoms with E-state index in [0.717, 1.165) is 27.3 Å². The van der Waals surface area contributed by atoms with Crippen molar-refractivity contribution in [3.63, 3.8) is 0 Å². The van der Waals surface area contributed by atoms with Crippen LogP contribution in [0.1, 0.15) is 5.56 Å². The predicted octanol–water partition coefficient (Wildman–Crippen LogP) is 1.66. The van der Waals surface area contributed by atoms with Gasteiger partial charge in [0.15, 0.2) is 0 Å². The molecule has 0 atom stereocenters. The second kappa shape index (κ2) is 4.62. The Morgan fingerprint density at radius 1 is 1.37 bits per heavy atom. The minimum absolute atomic E-state index is 0.156. The minimum atomic E-state index is -0.375. The molecule has 1 aromatic carbocycles. The number of para-hydroxylation sites is 1. The molecule has 3 aromatic rings. The fourth-order valence-electron chi connectivity index (χ4n) is 1.77. The normalized spacial score (nSPS) is 11.4. The molecule has 19 heavy (non-hydrogen) atoms. The molecule has 0 spiro atoms. The van der Waals surface area contributed by atoms with E-state index in [2.05, 4.69) is 20.3 Å². The number of H-pyrrole nitrogens is 2. The zero-order chi connectivity index (χ0) is 13.2. The Kier molecular flexibility index (Phi) is 2.81. The first-order chi connectivity index (χ1) is 9.25. The van der Waals surface area contributed by atoms with Crippen molar-refractivity contribution in [2.45, 2.75) is 0 Å². The maximum absolute atomic E-state index is 11.6. The Bertz CT molecular complexity index is 845. The number of aromatic nitrogens is 4. The lowest BCUT2D eigenvalue weighted by Crippen LogP contribution is -2.18. The van der Waals surface area contributed by atoms with Gasteiger partial charge in [-0.1, -0.05) is 18.2 Å². The van der Waals surface area contributed by atoms with Gasteiger partial charge in [-0.2, -0.15) is 14.9 Å². The molecule has 94 valence electrons. The molecule has 7 heteroatoms. The van der Waals surface area contributed by atoms with Gasteiger partial charge < -0.3 is 4.98 Å². The number of benzene rings is 1. The molecule has 2 heterocycles. The number of hydrogen-bond donors (Lipinski definition) is 2. The summed E-state index contributed by atoms with van der Waals surface area (Å²) in [7, 11) is 0. The van der Waals surface area contributed by atoms with Crippen LogP contribution in [0.25, 0.3) is 10.9 Å². The average Bonchev–Trinajstić information content (AvgIpc) is 2.82. The Morgan fingerprint density at radius 3 is 3.05 bits per heavy atom. The molecule has 0 radical (unpaired) electrons. The summed E-state index contributed by atoms with van der Waals surface area (Å²) in [4.78, 5) is 14.7. The van der Waals surface area contributed by atoms with Crippen molar-refractivity contribution in [1.82, 2.24) is 19.9 Å². The van der Waals surface area contributed by atoms with Crippen LogP contribution in [0.2, 0.25) is 0 Å². The highest BCUT2D eigenvalue weighted by Crippen LogP contribution is 2.15. The van der Waals surface area contributed by atoms with E-state index in [9.17, 15) is 4.79 Å². The van der Waals surface area contributed by atoms with Crippen molar-refractivity contribution in [2.75, 3.05) is 0 Å². The first-order valence-electron chi connectivity index (χ1n) is 5.53. The molecular weight excluding hydrogens is 262 g/mol. The molecule has 0 saturated heterocycles. The molecule has 3 rings (SSSR count). The van der Waals surface area contributed by atoms with E-state index < -0.39 is 0 Å². The molecule has 6 nitrogen and oxygen atoms in total. The molecule has 0 amide bonds. The van der Waals surface area contributed by atoms with E-state index in [-0.39, 0.29) is 10.3 Å². The Hall–Kier alpha value is -2.54. The van der Waals surface area contributed by atoms with Crippen LogP contribution in [0.15, 0.2) is 46.6 Å². The molecule has 0 aliphatic rings. The maximum atomic E-state index is 11.6. The quantitative estimate of drug-likeness (QED) is 0.549. The molecule has 0 aliphatic heterocycles. The minimum Gasteiger partial charge on any atom is -0.361 e. The standard InChI is InChI=1S/C12H9N5OS/c18-11-7-14-16-12(19)17(11)15-6-8-5-13-10-4-2-1-3-9(8)10/h1-7,13H,(H,16,19). The molecular formula is C12H9N5OS. The van der Waals surface area contributed by atoms with Gasteiger partial charge in [0.05, 0.1) is 6.21 Å². The van der Waals surface area contributed by atoms with Gasteiger partial charge in [-0.15, -0.1) is 0 Å². The van der Waals surface area contributed by atoms with Gasteiger partial charge in [-0.3, -0.25) is 9.89 Å². The third-order valence-corrected chi connectivity index (χ3v) is 2.93. The summed E-state index contributed by atoms with van der Waals surface area (Å²) < 4.78 is 1.24. The lowest BCUT2D eigenvalue weighted by molar-refractivity contribution is 0.738. The smallest absolute Gasteiger partial charge is 0.293 e. The van der Waals surface area contributed by atoms with Crippen molar-refractivity contribution < 1.29 is 0 Å². The van der Waals surface area contributed by atoms with Gasteiger partial charge in [-0.25, -0.2) is 0 Å². The van der Waals surface area contributed by atoms with Crippen LogP contribution in [-0.4, -0.2) is 26.1 Å². The van der Waals surface area contributed by atoms with Crippen LogP contribution in [0, 0.1) is 4.77 Å². The molecule has 0 unspecified atom stereocenters. The van der Waals surface area contributed by atoms with Crippen LogP contribution in [-0.2, 0) is 0 Å². The van der Waals surface area contributed by atoms with Crippen LogP contribution < -0.4 is 5.56 Å². The van der Waals surface area contributed by atoms with Crippen molar-refractivity contribution in [3.8, 4) is 0 Å². The van der Waals surface area contributed by atoms with Gasteiger partial charge in [0.2, 0.25) is 4.77 Å². The summed E-state index contributed by atoms with van der Waals surface area (Å²) in [5.41, 5.74) is 1.52. The number of aromatic amines is 2. The molecule has 0 saturated carbocycles. The van der Waals surface area contributed by atoms with Crippen molar-refractivity contribution >= 4 is 29.3 Å². The fourth-order valence-corrected chi connectivity index (χ4v) is 1.96. The van der Waals surface area contributed by atoms with E-state index in [0.29, 0.717) is 0 Å². The van der Waals surface area contributed by atoms with E-state index in [1.165, 1.54) is 0 Å². The highest BCUT2D eigenvalue weighted by molar-refractivity contribution is 7.71. The first kappa shape index (κ1) is 11.5. The summed E-state index contributed by atoms with van der Waals surface area (Å²) in [6.45, 7) is 0. The van der Waals surface area contributed by atoms with Gasteiger partial charge in [0.25, 0.3) is 5.56 Å². The molecule has 0 fully saturated rings. The molecule has 2 aromatic heterocycles. The predicted molar refractivity (Wildman–Crippen MR) is 75.0 cm³/mol. The zero-order valence-corrected chi connectivity index (χ0v) is 10.5. The number of fused-ring (bicyclic) bond motifs is 1. The van der Waals surface area contributed by atoms with Crippen LogP contribution in [0.5, 0.6) is 0 Å². The highest BCUT2D eigenvalue weighted by Gasteiger charge is 2.00. The lowest BCUT2D eigenvalue weighted by Gasteiger charge is -1.95. The average molecular weight is 271 g/mol. The van der Waals surface area contributed by atoms with Crippen LogP contribution in [0.3, 0.4) is 0 Å². The summed E-state index contributed by atoms with van der Waals surface area (Å²) in [6, 6.07) is 7.84. The summed E-state index contributed by atoms with van der Waals surface area (Å²) >= 11 is 4.95. The number of hydrogen-bond acceptors (Lipinski definition) is 4. The zero-order valence-electron chi connectivity index (χ0n) is 9.70. The Labute approximate surface area is 112 Å². The van der Waals surface area contributed by atoms with E-state index in [4.69, 9.17) is 12.2 Å². The van der Waals surface area contributed by atoms with Gasteiger partial charge in [0.1, 0.15) is 6.20 Å². The Morgan fingerprint density at radius 2 is 2.21 bits per heavy atom. The molecule has 2 N–H and O–H groups in total. The number of nitrogens with one attached hydrogen (secondary N) is 2. The van der Waals surface area contributed by atoms with Gasteiger partial charge in [-0.05, 0) is 18.3 Å². The third-order valence-electron chi connectivity index (χ3n) is 2.67. The summed E-state index contributed by atoms with van der Waals surface area (Å²) in [6.07, 6.45) is 4.54. The monoisotopic (exact) mass is 271 g/mol. The van der Waals surface area contributed by atoms with Gasteiger partial charge in [0, 0.05) is 22.7 Å². The van der Waals surface area contributed by atoms with E-state index in [1.807, 2.05) is 30.5 Å². The Balaban J connectivity index is 2.08. The van der Waals surface area contributed by atoms with Gasteiger partial charge >= 0.3 is 0 Å². The first-order valence-corrected chi connectivity index (χ1v) is 5.94. The third kappa shape index (κ3) is 2.11. The number of nitrogens with zero attached hydrogens (tertiary/aromatic N) is 3. The molecule has 0 aliphatic carbocycles. The van der Waals surface area contributed by atoms with Crippen molar-refractivity contribution in [3.05, 3.63) is 57.3 Å². The second-order valence-corrected chi connectivity index (χ2v) is 4.25. The second-order valence-electron chi connectivity index (χ2n) is 3.86. The maximum Gasteiger partial charge on any atom is 0.293 e. The summed E-state index contributed by atoms with van der Waals surface area (Å²) in [5, 5.41) is 11.2. The number of rotatable bonds is 2. The largest absolute Gasteiger partial charge is 0.361 e. The topological polar surface area (TPSA) is 78.8 Å². The lowest BCUT2D eigenvalue weighted by atomic mass is 10.2. The van der Waals surface area contributed by atoms with Crippen molar-refractivity contribution in [1.29, 1.82) is 0 Å². The molecule has 0 bridgehead atoms.